The van der Waals surface area contributed by atoms with Crippen molar-refractivity contribution < 1.29 is 4.57 Å². The molecule has 3 heterocycles. The summed E-state index contributed by atoms with van der Waals surface area (Å²) in [6.45, 7) is 5.64. The van der Waals surface area contributed by atoms with Gasteiger partial charge in [0.05, 0.1) is 0 Å². The predicted molar refractivity (Wildman–Crippen MR) is 148 cm³/mol. The Balaban J connectivity index is 1.43. The number of aromatic nitrogens is 1. The molecular formula is C28H35N6S+. The van der Waals surface area contributed by atoms with Gasteiger partial charge < -0.3 is 20.9 Å². The molecule has 7 heteroatoms. The molecule has 0 bridgehead atoms. The Morgan fingerprint density at radius 1 is 1.23 bits per heavy atom. The number of nitrogens with zero attached hydrogens (tertiary/aromatic N) is 3. The Hall–Kier alpha value is -3.32. The number of rotatable bonds is 8. The van der Waals surface area contributed by atoms with Gasteiger partial charge in [0.15, 0.2) is 12.5 Å². The molecule has 2 aliphatic heterocycles. The molecule has 0 radical (unpaired) electrons. The van der Waals surface area contributed by atoms with Crippen LogP contribution in [0, 0.1) is 5.41 Å². The molecule has 5 rings (SSSR count). The van der Waals surface area contributed by atoms with Gasteiger partial charge in [-0.15, -0.1) is 0 Å². The number of nitrogens with two attached hydrogens (primary N) is 1. The van der Waals surface area contributed by atoms with E-state index in [-0.39, 0.29) is 5.96 Å². The fourth-order valence-corrected chi connectivity index (χ4v) is 6.37. The Morgan fingerprint density at radius 3 is 2.91 bits per heavy atom. The van der Waals surface area contributed by atoms with Crippen molar-refractivity contribution in [3.8, 4) is 0 Å². The number of anilines is 1. The maximum absolute atomic E-state index is 7.78. The van der Waals surface area contributed by atoms with Gasteiger partial charge in [-0.3, -0.25) is 5.41 Å². The maximum Gasteiger partial charge on any atom is 0.263 e. The van der Waals surface area contributed by atoms with E-state index >= 15 is 0 Å². The zero-order valence-electron chi connectivity index (χ0n) is 20.7. The van der Waals surface area contributed by atoms with Gasteiger partial charge in [-0.25, -0.2) is 0 Å². The van der Waals surface area contributed by atoms with E-state index in [1.54, 1.807) is 0 Å². The quantitative estimate of drug-likeness (QED) is 0.189. The monoisotopic (exact) mass is 487 g/mol. The molecule has 4 N–H and O–H groups in total. The van der Waals surface area contributed by atoms with Crippen molar-refractivity contribution in [2.45, 2.75) is 39.2 Å². The SMILES string of the molecule is CCCN(CCCNC1=C/C(=C\c2sc3cccc4c3[n+]2CCC4)c2ccccc2N1C)C(=N)N. The smallest absolute Gasteiger partial charge is 0.263 e. The summed E-state index contributed by atoms with van der Waals surface area (Å²) in [5, 5.41) is 12.7. The lowest BCUT2D eigenvalue weighted by Crippen LogP contribution is -2.39. The van der Waals surface area contributed by atoms with Gasteiger partial charge in [-0.1, -0.05) is 48.6 Å². The second-order valence-corrected chi connectivity index (χ2v) is 10.4. The van der Waals surface area contributed by atoms with Crippen LogP contribution in [0.2, 0.25) is 0 Å². The fraction of sp³-hybridized carbons (Fsp3) is 0.357. The van der Waals surface area contributed by atoms with Crippen LogP contribution in [0.4, 0.5) is 5.69 Å². The van der Waals surface area contributed by atoms with Crippen LogP contribution in [0.1, 0.15) is 42.3 Å². The fourth-order valence-electron chi connectivity index (χ4n) is 5.19. The molecule has 182 valence electrons. The molecule has 0 saturated heterocycles. The van der Waals surface area contributed by atoms with Crippen molar-refractivity contribution in [3.05, 3.63) is 70.5 Å². The Bertz CT molecular complexity index is 1300. The van der Waals surface area contributed by atoms with Crippen LogP contribution in [0.5, 0.6) is 0 Å². The average Bonchev–Trinajstić information content (AvgIpc) is 3.22. The van der Waals surface area contributed by atoms with E-state index in [4.69, 9.17) is 11.1 Å². The van der Waals surface area contributed by atoms with E-state index in [1.165, 1.54) is 50.5 Å². The first kappa shape index (κ1) is 23.4. The van der Waals surface area contributed by atoms with Gasteiger partial charge in [-0.05, 0) is 43.0 Å². The molecule has 0 atom stereocenters. The molecule has 3 aromatic rings. The van der Waals surface area contributed by atoms with Crippen LogP contribution >= 0.6 is 11.3 Å². The number of benzene rings is 2. The van der Waals surface area contributed by atoms with Crippen molar-refractivity contribution >= 4 is 44.8 Å². The summed E-state index contributed by atoms with van der Waals surface area (Å²) in [4.78, 5) is 4.18. The number of guanidine groups is 1. The van der Waals surface area contributed by atoms with E-state index < -0.39 is 0 Å². The van der Waals surface area contributed by atoms with Gasteiger partial charge in [0, 0.05) is 56.0 Å². The van der Waals surface area contributed by atoms with E-state index in [9.17, 15) is 0 Å². The second kappa shape index (κ2) is 10.1. The van der Waals surface area contributed by atoms with Gasteiger partial charge in [-0.2, -0.15) is 4.57 Å². The first-order chi connectivity index (χ1) is 17.1. The van der Waals surface area contributed by atoms with Crippen molar-refractivity contribution in [2.75, 3.05) is 31.6 Å². The highest BCUT2D eigenvalue weighted by molar-refractivity contribution is 7.19. The standard InChI is InChI=1S/C28H34N6S/c1-3-15-33(28(29)30)16-8-14-31-25-18-21(22-11-4-5-12-23(22)32(25)2)19-26-34-17-7-10-20-9-6-13-24(35-26)27(20)34/h4-6,9,11-13,18-19H,3,7-8,10,14-17H2,1-2H3,(H3,29,30)/p+1. The third-order valence-electron chi connectivity index (χ3n) is 6.91. The van der Waals surface area contributed by atoms with Crippen LogP contribution in [-0.2, 0) is 13.0 Å². The van der Waals surface area contributed by atoms with Crippen LogP contribution in [-0.4, -0.2) is 37.5 Å². The number of hydrogen-bond donors (Lipinski definition) is 3. The largest absolute Gasteiger partial charge is 0.371 e. The summed E-state index contributed by atoms with van der Waals surface area (Å²) in [5.74, 6) is 1.26. The second-order valence-electron chi connectivity index (χ2n) is 9.32. The van der Waals surface area contributed by atoms with E-state index in [0.29, 0.717) is 0 Å². The number of para-hydroxylation sites is 2. The Kier molecular flexibility index (Phi) is 6.77. The number of hydrogen-bond acceptors (Lipinski definition) is 4. The molecule has 0 aliphatic carbocycles. The summed E-state index contributed by atoms with van der Waals surface area (Å²) in [5.41, 5.74) is 12.3. The highest BCUT2D eigenvalue weighted by Crippen LogP contribution is 2.36. The minimum absolute atomic E-state index is 0.160. The minimum atomic E-state index is 0.160. The molecule has 35 heavy (non-hydrogen) atoms. The molecular weight excluding hydrogens is 452 g/mol. The molecule has 0 saturated carbocycles. The lowest BCUT2D eigenvalue weighted by atomic mass is 9.98. The summed E-state index contributed by atoms with van der Waals surface area (Å²) >= 11 is 1.89. The van der Waals surface area contributed by atoms with Gasteiger partial charge in [0.1, 0.15) is 10.5 Å². The normalized spacial score (nSPS) is 15.8. The molecule has 1 aromatic heterocycles. The molecule has 2 aromatic carbocycles. The van der Waals surface area contributed by atoms with E-state index in [0.717, 1.165) is 44.8 Å². The van der Waals surface area contributed by atoms with Crippen LogP contribution in [0.3, 0.4) is 0 Å². The van der Waals surface area contributed by atoms with E-state index in [2.05, 4.69) is 83.4 Å². The number of nitrogens with one attached hydrogen (secondary N) is 2. The molecule has 6 nitrogen and oxygen atoms in total. The van der Waals surface area contributed by atoms with Gasteiger partial charge in [0.2, 0.25) is 5.52 Å². The third kappa shape index (κ3) is 4.65. The zero-order chi connectivity index (χ0) is 24.4. The van der Waals surface area contributed by atoms with Crippen LogP contribution in [0.25, 0.3) is 21.9 Å². The molecule has 0 unspecified atom stereocenters. The van der Waals surface area contributed by atoms with E-state index in [1.807, 2.05) is 16.2 Å². The number of thiazole rings is 1. The summed E-state index contributed by atoms with van der Waals surface area (Å²) in [7, 11) is 2.12. The average molecular weight is 488 g/mol. The Labute approximate surface area is 211 Å². The Morgan fingerprint density at radius 2 is 2.09 bits per heavy atom. The first-order valence-electron chi connectivity index (χ1n) is 12.6. The predicted octanol–water partition coefficient (Wildman–Crippen LogP) is 4.55. The van der Waals surface area contributed by atoms with Crippen LogP contribution in [0.15, 0.2) is 54.4 Å². The number of aryl methyl sites for hydroxylation is 2. The van der Waals surface area contributed by atoms with Crippen LogP contribution < -0.4 is 20.5 Å². The lowest BCUT2D eigenvalue weighted by Gasteiger charge is -2.31. The highest BCUT2D eigenvalue weighted by atomic mass is 32.1. The maximum atomic E-state index is 7.78. The topological polar surface area (TPSA) is 72.3 Å². The zero-order valence-corrected chi connectivity index (χ0v) is 21.5. The molecule has 0 amide bonds. The number of fused-ring (bicyclic) bond motifs is 1. The summed E-state index contributed by atoms with van der Waals surface area (Å²) < 4.78 is 3.89. The van der Waals surface area contributed by atoms with Crippen molar-refractivity contribution in [1.82, 2.24) is 10.2 Å². The summed E-state index contributed by atoms with van der Waals surface area (Å²) in [6.07, 6.45) is 8.92. The summed E-state index contributed by atoms with van der Waals surface area (Å²) in [6, 6.07) is 15.4. The van der Waals surface area contributed by atoms with Crippen molar-refractivity contribution in [2.24, 2.45) is 5.73 Å². The van der Waals surface area contributed by atoms with Gasteiger partial charge >= 0.3 is 0 Å². The molecule has 0 fully saturated rings. The van der Waals surface area contributed by atoms with Crippen molar-refractivity contribution in [3.63, 3.8) is 0 Å². The lowest BCUT2D eigenvalue weighted by molar-refractivity contribution is -0.671. The molecule has 0 spiro atoms. The minimum Gasteiger partial charge on any atom is -0.371 e. The first-order valence-corrected chi connectivity index (χ1v) is 13.4. The van der Waals surface area contributed by atoms with Crippen molar-refractivity contribution in [1.29, 1.82) is 5.41 Å². The molecule has 2 aliphatic rings. The number of allylic oxidation sites excluding steroid dienone is 2. The highest BCUT2D eigenvalue weighted by Gasteiger charge is 2.27. The third-order valence-corrected chi connectivity index (χ3v) is 8.01. The van der Waals surface area contributed by atoms with Gasteiger partial charge in [0.25, 0.3) is 5.01 Å².